The van der Waals surface area contributed by atoms with Crippen LogP contribution in [0.5, 0.6) is 0 Å². The van der Waals surface area contributed by atoms with E-state index in [9.17, 15) is 17.6 Å². The number of rotatable bonds is 7. The van der Waals surface area contributed by atoms with Crippen molar-refractivity contribution in [3.8, 4) is 0 Å². The van der Waals surface area contributed by atoms with E-state index in [1.54, 1.807) is 6.07 Å². The van der Waals surface area contributed by atoms with Crippen LogP contribution in [0, 0.1) is 5.82 Å². The van der Waals surface area contributed by atoms with E-state index in [0.29, 0.717) is 22.9 Å². The molecule has 4 rings (SSSR count). The molecule has 1 heterocycles. The lowest BCUT2D eigenvalue weighted by Crippen LogP contribution is -2.19. The zero-order valence-corrected chi connectivity index (χ0v) is 19.2. The minimum atomic E-state index is -3.87. The molecule has 1 aromatic heterocycles. The SMILES string of the molecule is CCn1c(SC(C(=O)Nc2ccc(F)cc2)c2ccccc2)nc2cc(S(N)(=O)=O)ccc21. The molecule has 4 aromatic rings. The van der Waals surface area contributed by atoms with Crippen LogP contribution in [0.25, 0.3) is 11.0 Å². The van der Waals surface area contributed by atoms with Crippen LogP contribution in [0.4, 0.5) is 10.1 Å². The first kappa shape index (κ1) is 23.0. The van der Waals surface area contributed by atoms with Crippen molar-refractivity contribution >= 4 is 44.4 Å². The summed E-state index contributed by atoms with van der Waals surface area (Å²) in [5.74, 6) is -0.685. The Morgan fingerprint density at radius 3 is 2.45 bits per heavy atom. The van der Waals surface area contributed by atoms with Crippen molar-refractivity contribution in [1.82, 2.24) is 9.55 Å². The van der Waals surface area contributed by atoms with Gasteiger partial charge in [-0.3, -0.25) is 4.79 Å². The standard InChI is InChI=1S/C23H21FN4O3S2/c1-2-28-20-13-12-18(33(25,30)31)14-19(20)27-23(28)32-21(15-6-4-3-5-7-15)22(29)26-17-10-8-16(24)9-11-17/h3-14,21H,2H2,1H3,(H,26,29)(H2,25,30,31). The van der Waals surface area contributed by atoms with Gasteiger partial charge in [-0.05, 0) is 55.0 Å². The highest BCUT2D eigenvalue weighted by Crippen LogP contribution is 2.37. The molecule has 0 fully saturated rings. The molecule has 0 bridgehead atoms. The third-order valence-corrected chi connectivity index (χ3v) is 7.16. The summed E-state index contributed by atoms with van der Waals surface area (Å²) in [6.45, 7) is 2.50. The van der Waals surface area contributed by atoms with Gasteiger partial charge < -0.3 is 9.88 Å². The molecule has 10 heteroatoms. The number of hydrogen-bond acceptors (Lipinski definition) is 5. The summed E-state index contributed by atoms with van der Waals surface area (Å²) < 4.78 is 38.7. The molecule has 0 saturated heterocycles. The first-order chi connectivity index (χ1) is 15.8. The number of imidazole rings is 1. The van der Waals surface area contributed by atoms with E-state index in [1.807, 2.05) is 41.8 Å². The van der Waals surface area contributed by atoms with Gasteiger partial charge in [-0.25, -0.2) is 22.9 Å². The van der Waals surface area contributed by atoms with E-state index in [-0.39, 0.29) is 10.8 Å². The predicted molar refractivity (Wildman–Crippen MR) is 127 cm³/mol. The number of primary sulfonamides is 1. The lowest BCUT2D eigenvalue weighted by molar-refractivity contribution is -0.115. The molecule has 1 amide bonds. The Kier molecular flexibility index (Phi) is 6.50. The monoisotopic (exact) mass is 484 g/mol. The van der Waals surface area contributed by atoms with Crippen molar-refractivity contribution < 1.29 is 17.6 Å². The molecular weight excluding hydrogens is 463 g/mol. The Bertz CT molecular complexity index is 1410. The summed E-state index contributed by atoms with van der Waals surface area (Å²) >= 11 is 1.25. The molecule has 0 aliphatic carbocycles. The zero-order valence-electron chi connectivity index (χ0n) is 17.6. The smallest absolute Gasteiger partial charge is 0.242 e. The number of amides is 1. The van der Waals surface area contributed by atoms with Gasteiger partial charge in [0.1, 0.15) is 11.1 Å². The number of carbonyl (C=O) groups is 1. The highest BCUT2D eigenvalue weighted by Gasteiger charge is 2.25. The van der Waals surface area contributed by atoms with Crippen LogP contribution in [0.3, 0.4) is 0 Å². The molecule has 33 heavy (non-hydrogen) atoms. The van der Waals surface area contributed by atoms with Crippen molar-refractivity contribution in [2.45, 2.75) is 28.8 Å². The van der Waals surface area contributed by atoms with Crippen LogP contribution in [-0.4, -0.2) is 23.9 Å². The molecular formula is C23H21FN4O3S2. The number of fused-ring (bicyclic) bond motifs is 1. The Balaban J connectivity index is 1.72. The summed E-state index contributed by atoms with van der Waals surface area (Å²) in [5.41, 5.74) is 2.45. The van der Waals surface area contributed by atoms with Crippen molar-refractivity contribution in [2.24, 2.45) is 5.14 Å². The minimum absolute atomic E-state index is 0.0269. The Morgan fingerprint density at radius 2 is 1.82 bits per heavy atom. The molecule has 1 unspecified atom stereocenters. The number of carbonyl (C=O) groups excluding carboxylic acids is 1. The van der Waals surface area contributed by atoms with Gasteiger partial charge in [-0.2, -0.15) is 0 Å². The summed E-state index contributed by atoms with van der Waals surface area (Å²) in [5, 5.41) is 7.99. The van der Waals surface area contributed by atoms with Crippen LogP contribution in [0.1, 0.15) is 17.7 Å². The fourth-order valence-corrected chi connectivity index (χ4v) is 5.12. The summed E-state index contributed by atoms with van der Waals surface area (Å²) in [7, 11) is -3.87. The maximum absolute atomic E-state index is 13.2. The number of anilines is 1. The van der Waals surface area contributed by atoms with Crippen molar-refractivity contribution in [3.05, 3.63) is 84.2 Å². The zero-order chi connectivity index (χ0) is 23.6. The van der Waals surface area contributed by atoms with Gasteiger partial charge in [0, 0.05) is 12.2 Å². The number of thioether (sulfide) groups is 1. The number of sulfonamides is 1. The van der Waals surface area contributed by atoms with E-state index in [2.05, 4.69) is 10.3 Å². The fraction of sp³-hybridized carbons (Fsp3) is 0.130. The number of hydrogen-bond donors (Lipinski definition) is 2. The van der Waals surface area contributed by atoms with Crippen LogP contribution in [0.2, 0.25) is 0 Å². The molecule has 3 N–H and O–H groups in total. The highest BCUT2D eigenvalue weighted by molar-refractivity contribution is 8.00. The Hall–Kier alpha value is -3.21. The number of nitrogens with zero attached hydrogens (tertiary/aromatic N) is 2. The van der Waals surface area contributed by atoms with Crippen LogP contribution >= 0.6 is 11.8 Å². The lowest BCUT2D eigenvalue weighted by Gasteiger charge is -2.17. The molecule has 0 aliphatic rings. The van der Waals surface area contributed by atoms with Gasteiger partial charge in [0.15, 0.2) is 5.16 Å². The average Bonchev–Trinajstić information content (AvgIpc) is 3.15. The largest absolute Gasteiger partial charge is 0.325 e. The van der Waals surface area contributed by atoms with E-state index >= 15 is 0 Å². The number of aryl methyl sites for hydroxylation is 1. The van der Waals surface area contributed by atoms with Gasteiger partial charge in [0.2, 0.25) is 15.9 Å². The highest BCUT2D eigenvalue weighted by atomic mass is 32.2. The second-order valence-electron chi connectivity index (χ2n) is 7.24. The van der Waals surface area contributed by atoms with Gasteiger partial charge in [0.25, 0.3) is 0 Å². The summed E-state index contributed by atoms with van der Waals surface area (Å²) in [4.78, 5) is 17.8. The van der Waals surface area contributed by atoms with Gasteiger partial charge >= 0.3 is 0 Å². The Morgan fingerprint density at radius 1 is 1.12 bits per heavy atom. The number of nitrogens with two attached hydrogens (primary N) is 1. The quantitative estimate of drug-likeness (QED) is 0.380. The normalized spacial score (nSPS) is 12.6. The molecule has 1 atom stereocenters. The molecule has 170 valence electrons. The van der Waals surface area contributed by atoms with E-state index in [0.717, 1.165) is 11.1 Å². The molecule has 0 spiro atoms. The first-order valence-corrected chi connectivity index (χ1v) is 12.5. The van der Waals surface area contributed by atoms with Crippen LogP contribution in [-0.2, 0) is 21.4 Å². The summed E-state index contributed by atoms with van der Waals surface area (Å²) in [6, 6.07) is 19.3. The predicted octanol–water partition coefficient (Wildman–Crippen LogP) is 4.31. The van der Waals surface area contributed by atoms with Crippen LogP contribution in [0.15, 0.2) is 82.8 Å². The van der Waals surface area contributed by atoms with Crippen molar-refractivity contribution in [3.63, 3.8) is 0 Å². The minimum Gasteiger partial charge on any atom is -0.325 e. The van der Waals surface area contributed by atoms with E-state index < -0.39 is 21.1 Å². The Labute approximate surface area is 194 Å². The molecule has 0 saturated carbocycles. The maximum atomic E-state index is 13.2. The second-order valence-corrected chi connectivity index (χ2v) is 9.87. The molecule has 7 nitrogen and oxygen atoms in total. The van der Waals surface area contributed by atoms with Crippen molar-refractivity contribution in [2.75, 3.05) is 5.32 Å². The van der Waals surface area contributed by atoms with Gasteiger partial charge in [-0.15, -0.1) is 0 Å². The van der Waals surface area contributed by atoms with E-state index in [4.69, 9.17) is 5.14 Å². The number of halogens is 1. The van der Waals surface area contributed by atoms with Crippen molar-refractivity contribution in [1.29, 1.82) is 0 Å². The number of benzene rings is 3. The maximum Gasteiger partial charge on any atom is 0.242 e. The molecule has 3 aromatic carbocycles. The third-order valence-electron chi connectivity index (χ3n) is 5.00. The topological polar surface area (TPSA) is 107 Å². The number of aromatic nitrogens is 2. The second kappa shape index (κ2) is 9.34. The lowest BCUT2D eigenvalue weighted by atomic mass is 10.1. The van der Waals surface area contributed by atoms with Gasteiger partial charge in [-0.1, -0.05) is 42.1 Å². The average molecular weight is 485 g/mol. The third kappa shape index (κ3) is 5.08. The van der Waals surface area contributed by atoms with Gasteiger partial charge in [0.05, 0.1) is 15.9 Å². The van der Waals surface area contributed by atoms with Crippen LogP contribution < -0.4 is 10.5 Å². The summed E-state index contributed by atoms with van der Waals surface area (Å²) in [6.07, 6.45) is 0. The molecule has 0 radical (unpaired) electrons. The number of nitrogens with one attached hydrogen (secondary N) is 1. The molecule has 0 aliphatic heterocycles. The first-order valence-electron chi connectivity index (χ1n) is 10.1. The fourth-order valence-electron chi connectivity index (χ4n) is 3.41. The van der Waals surface area contributed by atoms with E-state index in [1.165, 1.54) is 48.2 Å².